The summed E-state index contributed by atoms with van der Waals surface area (Å²) < 4.78 is 15.2. The summed E-state index contributed by atoms with van der Waals surface area (Å²) in [7, 11) is 1.86. The van der Waals surface area contributed by atoms with E-state index in [1.807, 2.05) is 13.1 Å². The van der Waals surface area contributed by atoms with Crippen LogP contribution in [-0.4, -0.2) is 9.78 Å². The second-order valence-electron chi connectivity index (χ2n) is 6.06. The fourth-order valence-electron chi connectivity index (χ4n) is 3.96. The summed E-state index contributed by atoms with van der Waals surface area (Å²) in [6.45, 7) is 0. The highest BCUT2D eigenvalue weighted by Crippen LogP contribution is 2.64. The zero-order valence-electron chi connectivity index (χ0n) is 11.5. The molecule has 0 aliphatic heterocycles. The lowest BCUT2D eigenvalue weighted by Crippen LogP contribution is -1.98. The van der Waals surface area contributed by atoms with Crippen LogP contribution in [0.25, 0.3) is 11.1 Å². The largest absolute Gasteiger partial charge is 0.383 e. The molecule has 2 aromatic rings. The first-order valence-electron chi connectivity index (χ1n) is 7.25. The molecule has 2 fully saturated rings. The average Bonchev–Trinajstić information content (AvgIpc) is 2.77. The average molecular weight is 271 g/mol. The maximum absolute atomic E-state index is 13.5. The van der Waals surface area contributed by atoms with Crippen LogP contribution in [0.4, 0.5) is 10.2 Å². The van der Waals surface area contributed by atoms with Gasteiger partial charge in [-0.1, -0.05) is 18.6 Å². The Morgan fingerprint density at radius 2 is 2.05 bits per heavy atom. The molecule has 4 rings (SSSR count). The van der Waals surface area contributed by atoms with Crippen molar-refractivity contribution < 1.29 is 4.39 Å². The van der Waals surface area contributed by atoms with Crippen LogP contribution in [0.15, 0.2) is 24.3 Å². The molecule has 1 aromatic carbocycles. The number of fused-ring (bicyclic) bond motifs is 1. The summed E-state index contributed by atoms with van der Waals surface area (Å²) in [4.78, 5) is 0. The lowest BCUT2D eigenvalue weighted by molar-refractivity contribution is 0.628. The summed E-state index contributed by atoms with van der Waals surface area (Å²) in [6.07, 6.45) is 3.94. The molecular weight excluding hydrogens is 253 g/mol. The minimum atomic E-state index is -0.229. The van der Waals surface area contributed by atoms with Crippen molar-refractivity contribution in [2.75, 3.05) is 5.73 Å². The smallest absolute Gasteiger partial charge is 0.129 e. The maximum Gasteiger partial charge on any atom is 0.129 e. The molecule has 0 amide bonds. The van der Waals surface area contributed by atoms with E-state index in [1.165, 1.54) is 25.3 Å². The van der Waals surface area contributed by atoms with E-state index in [4.69, 9.17) is 5.73 Å². The fourth-order valence-corrected chi connectivity index (χ4v) is 3.96. The lowest BCUT2D eigenvalue weighted by Gasteiger charge is -2.06. The van der Waals surface area contributed by atoms with Gasteiger partial charge in [-0.2, -0.15) is 5.10 Å². The summed E-state index contributed by atoms with van der Waals surface area (Å²) in [6, 6.07) is 6.66. The van der Waals surface area contributed by atoms with Gasteiger partial charge in [0.2, 0.25) is 0 Å². The molecule has 2 aliphatic rings. The highest BCUT2D eigenvalue weighted by atomic mass is 19.1. The lowest BCUT2D eigenvalue weighted by atomic mass is 9.99. The molecule has 2 saturated carbocycles. The second kappa shape index (κ2) is 4.08. The molecule has 3 nitrogen and oxygen atoms in total. The van der Waals surface area contributed by atoms with Gasteiger partial charge < -0.3 is 5.73 Å². The molecule has 4 heteroatoms. The molecule has 0 bridgehead atoms. The van der Waals surface area contributed by atoms with Crippen molar-refractivity contribution in [1.29, 1.82) is 0 Å². The van der Waals surface area contributed by atoms with E-state index in [-0.39, 0.29) is 5.82 Å². The van der Waals surface area contributed by atoms with Crippen molar-refractivity contribution in [3.63, 3.8) is 0 Å². The first-order valence-corrected chi connectivity index (χ1v) is 7.25. The van der Waals surface area contributed by atoms with Crippen molar-refractivity contribution in [3.8, 4) is 11.1 Å². The Hall–Kier alpha value is -1.84. The number of hydrogen-bond donors (Lipinski definition) is 1. The van der Waals surface area contributed by atoms with Gasteiger partial charge in [0.1, 0.15) is 11.6 Å². The van der Waals surface area contributed by atoms with Gasteiger partial charge in [0.25, 0.3) is 0 Å². The molecule has 2 unspecified atom stereocenters. The number of aromatic nitrogens is 2. The van der Waals surface area contributed by atoms with Gasteiger partial charge in [-0.05, 0) is 42.4 Å². The van der Waals surface area contributed by atoms with Gasteiger partial charge in [0, 0.05) is 18.5 Å². The molecule has 2 aliphatic carbocycles. The van der Waals surface area contributed by atoms with Crippen molar-refractivity contribution in [2.45, 2.75) is 25.2 Å². The topological polar surface area (TPSA) is 43.8 Å². The molecule has 1 heterocycles. The van der Waals surface area contributed by atoms with Gasteiger partial charge in [-0.3, -0.25) is 4.68 Å². The van der Waals surface area contributed by atoms with Crippen LogP contribution in [0.3, 0.4) is 0 Å². The normalized spacial score (nSPS) is 27.6. The second-order valence-corrected chi connectivity index (χ2v) is 6.06. The monoisotopic (exact) mass is 271 g/mol. The first kappa shape index (κ1) is 11.9. The van der Waals surface area contributed by atoms with Gasteiger partial charge in [-0.15, -0.1) is 0 Å². The number of anilines is 1. The number of aryl methyl sites for hydroxylation is 1. The van der Waals surface area contributed by atoms with Crippen LogP contribution >= 0.6 is 0 Å². The number of hydrogen-bond acceptors (Lipinski definition) is 2. The van der Waals surface area contributed by atoms with Gasteiger partial charge >= 0.3 is 0 Å². The molecule has 0 saturated heterocycles. The zero-order chi connectivity index (χ0) is 13.9. The highest BCUT2D eigenvalue weighted by Gasteiger charge is 2.55. The molecular formula is C16H18FN3. The molecule has 104 valence electrons. The Labute approximate surface area is 117 Å². The predicted octanol–water partition coefficient (Wildman–Crippen LogP) is 3.32. The maximum atomic E-state index is 13.5. The Kier molecular flexibility index (Phi) is 2.43. The van der Waals surface area contributed by atoms with Crippen LogP contribution in [0, 0.1) is 17.7 Å². The standard InChI is InChI=1S/C16H18FN3/c1-20-16(18)13(9-4-2-5-10(17)8-9)15(19-20)14-11-6-3-7-12(11)14/h2,4-5,8,11-12,14H,3,6-7,18H2,1H3. The number of nitrogens with zero attached hydrogens (tertiary/aromatic N) is 2. The van der Waals surface area contributed by atoms with E-state index >= 15 is 0 Å². The molecule has 0 radical (unpaired) electrons. The third-order valence-electron chi connectivity index (χ3n) is 4.95. The van der Waals surface area contributed by atoms with Crippen LogP contribution in [0.5, 0.6) is 0 Å². The SMILES string of the molecule is Cn1nc(C2C3CCCC32)c(-c2cccc(F)c2)c1N. The van der Waals surface area contributed by atoms with E-state index in [9.17, 15) is 4.39 Å². The van der Waals surface area contributed by atoms with Crippen LogP contribution in [0.2, 0.25) is 0 Å². The molecule has 2 N–H and O–H groups in total. The van der Waals surface area contributed by atoms with Crippen molar-refractivity contribution in [2.24, 2.45) is 18.9 Å². The van der Waals surface area contributed by atoms with E-state index in [2.05, 4.69) is 5.10 Å². The highest BCUT2D eigenvalue weighted by molar-refractivity contribution is 5.77. The number of nitrogens with two attached hydrogens (primary N) is 1. The Balaban J connectivity index is 1.82. The third kappa shape index (κ3) is 1.60. The third-order valence-corrected chi connectivity index (χ3v) is 4.95. The quantitative estimate of drug-likeness (QED) is 0.910. The zero-order valence-corrected chi connectivity index (χ0v) is 11.5. The minimum absolute atomic E-state index is 0.229. The van der Waals surface area contributed by atoms with Gasteiger partial charge in [0.05, 0.1) is 5.69 Å². The first-order chi connectivity index (χ1) is 9.66. The van der Waals surface area contributed by atoms with Crippen molar-refractivity contribution in [1.82, 2.24) is 9.78 Å². The molecule has 0 spiro atoms. The molecule has 1 aromatic heterocycles. The molecule has 20 heavy (non-hydrogen) atoms. The Morgan fingerprint density at radius 3 is 2.75 bits per heavy atom. The van der Waals surface area contributed by atoms with Crippen molar-refractivity contribution >= 4 is 5.82 Å². The number of benzene rings is 1. The van der Waals surface area contributed by atoms with E-state index < -0.39 is 0 Å². The Bertz CT molecular complexity index is 666. The summed E-state index contributed by atoms with van der Waals surface area (Å²) in [5.41, 5.74) is 9.03. The number of nitrogen functional groups attached to an aromatic ring is 1. The minimum Gasteiger partial charge on any atom is -0.383 e. The summed E-state index contributed by atoms with van der Waals surface area (Å²) in [5.74, 6) is 2.49. The molecule has 2 atom stereocenters. The van der Waals surface area contributed by atoms with Crippen LogP contribution in [-0.2, 0) is 7.05 Å². The number of rotatable bonds is 2. The van der Waals surface area contributed by atoms with Gasteiger partial charge in [-0.25, -0.2) is 4.39 Å². The summed E-state index contributed by atoms with van der Waals surface area (Å²) in [5, 5.41) is 4.63. The predicted molar refractivity (Wildman–Crippen MR) is 76.6 cm³/mol. The van der Waals surface area contributed by atoms with E-state index in [1.54, 1.807) is 16.8 Å². The number of halogens is 1. The Morgan fingerprint density at radius 1 is 1.30 bits per heavy atom. The fraction of sp³-hybridized carbons (Fsp3) is 0.438. The van der Waals surface area contributed by atoms with E-state index in [0.29, 0.717) is 11.7 Å². The van der Waals surface area contributed by atoms with Gasteiger partial charge in [0.15, 0.2) is 0 Å². The van der Waals surface area contributed by atoms with Crippen LogP contribution < -0.4 is 5.73 Å². The van der Waals surface area contributed by atoms with Crippen LogP contribution in [0.1, 0.15) is 30.9 Å². The summed E-state index contributed by atoms with van der Waals surface area (Å²) >= 11 is 0. The van der Waals surface area contributed by atoms with E-state index in [0.717, 1.165) is 28.7 Å². The van der Waals surface area contributed by atoms with Crippen molar-refractivity contribution in [3.05, 3.63) is 35.8 Å².